The van der Waals surface area contributed by atoms with Crippen LogP contribution in [0.4, 0.5) is 5.69 Å². The molecule has 0 spiro atoms. The highest BCUT2D eigenvalue weighted by molar-refractivity contribution is 7.80. The van der Waals surface area contributed by atoms with Gasteiger partial charge >= 0.3 is 0 Å². The lowest BCUT2D eigenvalue weighted by molar-refractivity contribution is 0.363. The third-order valence-corrected chi connectivity index (χ3v) is 3.98. The summed E-state index contributed by atoms with van der Waals surface area (Å²) in [6.45, 7) is 8.41. The van der Waals surface area contributed by atoms with E-state index in [9.17, 15) is 0 Å². The number of hydrogen-bond acceptors (Lipinski definition) is 2. The van der Waals surface area contributed by atoms with Crippen LogP contribution < -0.4 is 15.4 Å². The van der Waals surface area contributed by atoms with E-state index in [1.165, 1.54) is 11.1 Å². The maximum absolute atomic E-state index is 5.47. The smallest absolute Gasteiger partial charge is 0.171 e. The molecule has 0 aliphatic carbocycles. The molecule has 2 rings (SSSR count). The van der Waals surface area contributed by atoms with Crippen molar-refractivity contribution in [3.63, 3.8) is 0 Å². The van der Waals surface area contributed by atoms with Crippen LogP contribution in [0, 0.1) is 6.92 Å². The molecule has 0 saturated carbocycles. The Balaban J connectivity index is 1.96. The van der Waals surface area contributed by atoms with Crippen molar-refractivity contribution < 1.29 is 4.74 Å². The minimum absolute atomic E-state index is 0.196. The summed E-state index contributed by atoms with van der Waals surface area (Å²) in [4.78, 5) is 0. The molecule has 0 bridgehead atoms. The summed E-state index contributed by atoms with van der Waals surface area (Å²) in [7, 11) is 0. The van der Waals surface area contributed by atoms with Gasteiger partial charge in [-0.1, -0.05) is 43.8 Å². The predicted molar refractivity (Wildman–Crippen MR) is 106 cm³/mol. The van der Waals surface area contributed by atoms with Crippen LogP contribution in [-0.2, 0) is 0 Å². The van der Waals surface area contributed by atoms with E-state index in [0.717, 1.165) is 17.9 Å². The zero-order valence-electron chi connectivity index (χ0n) is 14.2. The van der Waals surface area contributed by atoms with Gasteiger partial charge in [-0.2, -0.15) is 0 Å². The van der Waals surface area contributed by atoms with E-state index in [1.54, 1.807) is 6.08 Å². The van der Waals surface area contributed by atoms with Crippen LogP contribution >= 0.6 is 12.2 Å². The molecule has 0 radical (unpaired) electrons. The number of benzene rings is 2. The Morgan fingerprint density at radius 2 is 1.92 bits per heavy atom. The Labute approximate surface area is 149 Å². The maximum Gasteiger partial charge on any atom is 0.171 e. The van der Waals surface area contributed by atoms with Crippen molar-refractivity contribution in [2.75, 3.05) is 11.9 Å². The number of hydrogen-bond donors (Lipinski definition) is 2. The Kier molecular flexibility index (Phi) is 6.82. The summed E-state index contributed by atoms with van der Waals surface area (Å²) in [5, 5.41) is 7.24. The molecule has 0 heterocycles. The van der Waals surface area contributed by atoms with Crippen LogP contribution in [0.2, 0.25) is 0 Å². The number of ether oxygens (including phenoxy) is 1. The molecule has 0 saturated heterocycles. The van der Waals surface area contributed by atoms with Gasteiger partial charge in [-0.15, -0.1) is 0 Å². The Morgan fingerprint density at radius 1 is 1.21 bits per heavy atom. The van der Waals surface area contributed by atoms with E-state index < -0.39 is 0 Å². The third kappa shape index (κ3) is 5.10. The fraction of sp³-hybridized carbons (Fsp3) is 0.250. The minimum atomic E-state index is 0.196. The first-order valence-corrected chi connectivity index (χ1v) is 8.51. The van der Waals surface area contributed by atoms with E-state index in [-0.39, 0.29) is 6.04 Å². The van der Waals surface area contributed by atoms with Crippen molar-refractivity contribution in [3.8, 4) is 5.75 Å². The molecule has 1 atom stereocenters. The van der Waals surface area contributed by atoms with Gasteiger partial charge < -0.3 is 15.4 Å². The van der Waals surface area contributed by atoms with Crippen molar-refractivity contribution in [2.24, 2.45) is 0 Å². The highest BCUT2D eigenvalue weighted by Crippen LogP contribution is 2.21. The van der Waals surface area contributed by atoms with Crippen molar-refractivity contribution in [2.45, 2.75) is 26.3 Å². The van der Waals surface area contributed by atoms with E-state index in [2.05, 4.69) is 55.3 Å². The summed E-state index contributed by atoms with van der Waals surface area (Å²) in [6.07, 6.45) is 2.68. The molecule has 24 heavy (non-hydrogen) atoms. The van der Waals surface area contributed by atoms with Gasteiger partial charge in [0.1, 0.15) is 12.4 Å². The molecule has 3 nitrogen and oxygen atoms in total. The second-order valence-electron chi connectivity index (χ2n) is 5.54. The van der Waals surface area contributed by atoms with Gasteiger partial charge in [-0.05, 0) is 61.0 Å². The number of aryl methyl sites for hydroxylation is 1. The molecule has 0 aromatic heterocycles. The van der Waals surface area contributed by atoms with Crippen LogP contribution in [0.1, 0.15) is 30.5 Å². The molecule has 0 fully saturated rings. The molecule has 0 aliphatic rings. The number of anilines is 1. The van der Waals surface area contributed by atoms with Gasteiger partial charge in [0, 0.05) is 5.69 Å². The van der Waals surface area contributed by atoms with Crippen LogP contribution in [0.15, 0.2) is 61.2 Å². The first-order chi connectivity index (χ1) is 11.6. The van der Waals surface area contributed by atoms with Gasteiger partial charge in [0.2, 0.25) is 0 Å². The van der Waals surface area contributed by atoms with Crippen LogP contribution in [0.25, 0.3) is 0 Å². The van der Waals surface area contributed by atoms with E-state index in [4.69, 9.17) is 17.0 Å². The molecular formula is C20H24N2OS. The molecule has 0 aliphatic heterocycles. The fourth-order valence-corrected chi connectivity index (χ4v) is 2.75. The molecular weight excluding hydrogens is 316 g/mol. The van der Waals surface area contributed by atoms with E-state index >= 15 is 0 Å². The fourth-order valence-electron chi connectivity index (χ4n) is 2.49. The highest BCUT2D eigenvalue weighted by Gasteiger charge is 2.12. The molecule has 4 heteroatoms. The van der Waals surface area contributed by atoms with E-state index in [1.807, 2.05) is 24.3 Å². The minimum Gasteiger partial charge on any atom is -0.490 e. The normalized spacial score (nSPS) is 11.4. The average Bonchev–Trinajstić information content (AvgIpc) is 2.60. The highest BCUT2D eigenvalue weighted by atomic mass is 32.1. The van der Waals surface area contributed by atoms with Crippen molar-refractivity contribution in [1.82, 2.24) is 5.32 Å². The number of rotatable bonds is 7. The van der Waals surface area contributed by atoms with Crippen LogP contribution in [0.5, 0.6) is 5.75 Å². The zero-order chi connectivity index (χ0) is 17.4. The summed E-state index contributed by atoms with van der Waals surface area (Å²) in [5.41, 5.74) is 3.47. The summed E-state index contributed by atoms with van der Waals surface area (Å²) in [5.74, 6) is 0.811. The molecule has 126 valence electrons. The topological polar surface area (TPSA) is 33.3 Å². The predicted octanol–water partition coefficient (Wildman–Crippen LogP) is 5.00. The maximum atomic E-state index is 5.47. The van der Waals surface area contributed by atoms with Gasteiger partial charge in [0.05, 0.1) is 6.04 Å². The molecule has 2 aromatic carbocycles. The standard InChI is InChI=1S/C20H24N2OS/c1-4-14-23-17-12-10-16(11-13-17)21-20(24)22-19(5-2)18-9-7-6-8-15(18)3/h4,6-13,19H,1,5,14H2,2-3H3,(H2,21,22,24). The van der Waals surface area contributed by atoms with Crippen molar-refractivity contribution in [1.29, 1.82) is 0 Å². The summed E-state index contributed by atoms with van der Waals surface area (Å²) in [6, 6.07) is 16.3. The van der Waals surface area contributed by atoms with Crippen LogP contribution in [0.3, 0.4) is 0 Å². The lowest BCUT2D eigenvalue weighted by atomic mass is 10.00. The van der Waals surface area contributed by atoms with Crippen molar-refractivity contribution >= 4 is 23.0 Å². The monoisotopic (exact) mass is 340 g/mol. The van der Waals surface area contributed by atoms with Gasteiger partial charge in [-0.3, -0.25) is 0 Å². The van der Waals surface area contributed by atoms with Crippen molar-refractivity contribution in [3.05, 3.63) is 72.3 Å². The second kappa shape index (κ2) is 9.08. The summed E-state index contributed by atoms with van der Waals surface area (Å²) < 4.78 is 5.47. The molecule has 1 unspecified atom stereocenters. The number of thiocarbonyl (C=S) groups is 1. The quantitative estimate of drug-likeness (QED) is 0.549. The number of nitrogens with one attached hydrogen (secondary N) is 2. The van der Waals surface area contributed by atoms with E-state index in [0.29, 0.717) is 11.7 Å². The lowest BCUT2D eigenvalue weighted by Crippen LogP contribution is -2.32. The third-order valence-electron chi connectivity index (χ3n) is 3.76. The lowest BCUT2D eigenvalue weighted by Gasteiger charge is -2.21. The zero-order valence-corrected chi connectivity index (χ0v) is 15.0. The molecule has 2 N–H and O–H groups in total. The largest absolute Gasteiger partial charge is 0.490 e. The Bertz CT molecular complexity index is 682. The van der Waals surface area contributed by atoms with Gasteiger partial charge in [-0.25, -0.2) is 0 Å². The van der Waals surface area contributed by atoms with Gasteiger partial charge in [0.15, 0.2) is 5.11 Å². The average molecular weight is 340 g/mol. The first-order valence-electron chi connectivity index (χ1n) is 8.10. The Hall–Kier alpha value is -2.33. The van der Waals surface area contributed by atoms with Gasteiger partial charge in [0.25, 0.3) is 0 Å². The molecule has 2 aromatic rings. The SMILES string of the molecule is C=CCOc1ccc(NC(=S)NC(CC)c2ccccc2C)cc1. The molecule has 0 amide bonds. The summed E-state index contributed by atoms with van der Waals surface area (Å²) >= 11 is 5.46. The second-order valence-corrected chi connectivity index (χ2v) is 5.95. The first kappa shape index (κ1) is 18.0. The van der Waals surface area contributed by atoms with Crippen LogP contribution in [-0.4, -0.2) is 11.7 Å². The Morgan fingerprint density at radius 3 is 2.54 bits per heavy atom.